The standard InChI is InChI=1S/C20H28N4O3/c1-13-5-6-16(14(11-13)20(2,3)4)23-7-9-24(10-8-23)17(25)12-15-18(26)22-19(27)21-15/h5-6,11,26H,7-10,12H2,1-4H3,(H2,21,22,27). The zero-order valence-corrected chi connectivity index (χ0v) is 16.4. The van der Waals surface area contributed by atoms with Crippen LogP contribution >= 0.6 is 0 Å². The molecule has 0 unspecified atom stereocenters. The van der Waals surface area contributed by atoms with Gasteiger partial charge in [0.1, 0.15) is 0 Å². The molecule has 0 atom stereocenters. The molecule has 1 saturated heterocycles. The maximum Gasteiger partial charge on any atom is 0.325 e. The normalized spacial score (nSPS) is 15.3. The van der Waals surface area contributed by atoms with Gasteiger partial charge in [-0.15, -0.1) is 0 Å². The molecule has 27 heavy (non-hydrogen) atoms. The molecular weight excluding hydrogens is 344 g/mol. The first-order valence-electron chi connectivity index (χ1n) is 9.29. The van der Waals surface area contributed by atoms with Crippen molar-refractivity contribution in [3.8, 4) is 5.88 Å². The lowest BCUT2D eigenvalue weighted by Crippen LogP contribution is -2.49. The lowest BCUT2D eigenvalue weighted by Gasteiger charge is -2.38. The molecule has 0 bridgehead atoms. The third-order valence-electron chi connectivity index (χ3n) is 5.04. The number of rotatable bonds is 3. The second kappa shape index (κ2) is 7.13. The van der Waals surface area contributed by atoms with Gasteiger partial charge in [0.05, 0.1) is 12.1 Å². The number of nitrogens with zero attached hydrogens (tertiary/aromatic N) is 2. The van der Waals surface area contributed by atoms with E-state index in [-0.39, 0.29) is 29.3 Å². The molecular formula is C20H28N4O3. The molecule has 1 aliphatic heterocycles. The quantitative estimate of drug-likeness (QED) is 0.767. The first-order valence-corrected chi connectivity index (χ1v) is 9.29. The molecule has 7 heteroatoms. The summed E-state index contributed by atoms with van der Waals surface area (Å²) < 4.78 is 0. The summed E-state index contributed by atoms with van der Waals surface area (Å²) in [7, 11) is 0. The van der Waals surface area contributed by atoms with Gasteiger partial charge in [0.2, 0.25) is 11.8 Å². The second-order valence-electron chi connectivity index (χ2n) is 8.22. The fraction of sp³-hybridized carbons (Fsp3) is 0.500. The Hall–Kier alpha value is -2.70. The van der Waals surface area contributed by atoms with Crippen LogP contribution in [0.2, 0.25) is 0 Å². The van der Waals surface area contributed by atoms with Crippen molar-refractivity contribution in [3.05, 3.63) is 45.5 Å². The van der Waals surface area contributed by atoms with Gasteiger partial charge in [0.25, 0.3) is 0 Å². The number of anilines is 1. The van der Waals surface area contributed by atoms with Crippen LogP contribution in [0.3, 0.4) is 0 Å². The number of imidazole rings is 1. The number of carbonyl (C=O) groups is 1. The van der Waals surface area contributed by atoms with E-state index in [1.165, 1.54) is 16.8 Å². The third-order valence-corrected chi connectivity index (χ3v) is 5.04. The van der Waals surface area contributed by atoms with Crippen LogP contribution in [0.4, 0.5) is 5.69 Å². The predicted octanol–water partition coefficient (Wildman–Crippen LogP) is 1.91. The Balaban J connectivity index is 1.68. The van der Waals surface area contributed by atoms with Crippen LogP contribution < -0.4 is 10.6 Å². The van der Waals surface area contributed by atoms with Crippen molar-refractivity contribution in [3.63, 3.8) is 0 Å². The molecule has 3 N–H and O–H groups in total. The molecule has 1 aliphatic rings. The van der Waals surface area contributed by atoms with Crippen LogP contribution in [0.15, 0.2) is 23.0 Å². The van der Waals surface area contributed by atoms with Crippen LogP contribution in [-0.2, 0) is 16.6 Å². The van der Waals surface area contributed by atoms with E-state index >= 15 is 0 Å². The maximum absolute atomic E-state index is 12.5. The smallest absolute Gasteiger partial charge is 0.325 e. The van der Waals surface area contributed by atoms with Gasteiger partial charge in [0, 0.05) is 31.9 Å². The molecule has 0 saturated carbocycles. The van der Waals surface area contributed by atoms with Gasteiger partial charge < -0.3 is 19.9 Å². The van der Waals surface area contributed by atoms with Gasteiger partial charge >= 0.3 is 5.69 Å². The molecule has 0 aliphatic carbocycles. The Morgan fingerprint density at radius 3 is 2.37 bits per heavy atom. The number of benzene rings is 1. The predicted molar refractivity (Wildman–Crippen MR) is 105 cm³/mol. The van der Waals surface area contributed by atoms with Crippen molar-refractivity contribution < 1.29 is 9.90 Å². The highest BCUT2D eigenvalue weighted by molar-refractivity contribution is 5.79. The van der Waals surface area contributed by atoms with Gasteiger partial charge in [-0.25, -0.2) is 4.79 Å². The number of piperazine rings is 1. The number of hydrogen-bond donors (Lipinski definition) is 3. The fourth-order valence-corrected chi connectivity index (χ4v) is 3.52. The van der Waals surface area contributed by atoms with Crippen LogP contribution in [0.5, 0.6) is 5.88 Å². The first-order chi connectivity index (χ1) is 12.6. The van der Waals surface area contributed by atoms with E-state index in [1.807, 2.05) is 0 Å². The van der Waals surface area contributed by atoms with Crippen molar-refractivity contribution >= 4 is 11.6 Å². The lowest BCUT2D eigenvalue weighted by molar-refractivity contribution is -0.130. The van der Waals surface area contributed by atoms with Crippen molar-refractivity contribution in [1.82, 2.24) is 14.9 Å². The van der Waals surface area contributed by atoms with Gasteiger partial charge in [-0.05, 0) is 24.0 Å². The molecule has 2 heterocycles. The Morgan fingerprint density at radius 2 is 1.81 bits per heavy atom. The van der Waals surface area contributed by atoms with Gasteiger partial charge in [-0.1, -0.05) is 38.5 Å². The minimum absolute atomic E-state index is 0.0116. The molecule has 3 rings (SSSR count). The molecule has 0 spiro atoms. The van der Waals surface area contributed by atoms with E-state index in [0.717, 1.165) is 13.1 Å². The minimum atomic E-state index is -0.505. The van der Waals surface area contributed by atoms with Crippen molar-refractivity contribution in [2.24, 2.45) is 0 Å². The summed E-state index contributed by atoms with van der Waals surface area (Å²) in [5, 5.41) is 9.63. The average molecular weight is 372 g/mol. The SMILES string of the molecule is Cc1ccc(N2CCN(C(=O)Cc3[nH]c(=O)[nH]c3O)CC2)c(C(C)(C)C)c1. The Labute approximate surface area is 159 Å². The highest BCUT2D eigenvalue weighted by atomic mass is 16.3. The summed E-state index contributed by atoms with van der Waals surface area (Å²) in [4.78, 5) is 32.5. The number of carbonyl (C=O) groups excluding carboxylic acids is 1. The Kier molecular flexibility index (Phi) is 5.04. The number of hydrogen-bond acceptors (Lipinski definition) is 4. The van der Waals surface area contributed by atoms with Gasteiger partial charge in [-0.3, -0.25) is 9.78 Å². The highest BCUT2D eigenvalue weighted by Gasteiger charge is 2.26. The van der Waals surface area contributed by atoms with Crippen LogP contribution in [0.25, 0.3) is 0 Å². The Morgan fingerprint density at radius 1 is 1.15 bits per heavy atom. The van der Waals surface area contributed by atoms with E-state index in [4.69, 9.17) is 0 Å². The van der Waals surface area contributed by atoms with E-state index < -0.39 is 5.69 Å². The monoisotopic (exact) mass is 372 g/mol. The van der Waals surface area contributed by atoms with Crippen LogP contribution in [0.1, 0.15) is 37.6 Å². The number of aromatic hydroxyl groups is 1. The summed E-state index contributed by atoms with van der Waals surface area (Å²) in [6.07, 6.45) is -0.0116. The first kappa shape index (κ1) is 19.1. The number of aryl methyl sites for hydroxylation is 1. The zero-order chi connectivity index (χ0) is 19.8. The lowest BCUT2D eigenvalue weighted by atomic mass is 9.84. The van der Waals surface area contributed by atoms with Crippen LogP contribution in [0, 0.1) is 6.92 Å². The molecule has 0 radical (unpaired) electrons. The van der Waals surface area contributed by atoms with Crippen molar-refractivity contribution in [2.75, 3.05) is 31.1 Å². The molecule has 7 nitrogen and oxygen atoms in total. The van der Waals surface area contributed by atoms with Gasteiger partial charge in [-0.2, -0.15) is 0 Å². The number of aromatic amines is 2. The second-order valence-corrected chi connectivity index (χ2v) is 8.22. The molecule has 1 amide bonds. The summed E-state index contributed by atoms with van der Waals surface area (Å²) in [5.41, 5.74) is 3.57. The highest BCUT2D eigenvalue weighted by Crippen LogP contribution is 2.33. The van der Waals surface area contributed by atoms with Crippen molar-refractivity contribution in [2.45, 2.75) is 39.5 Å². The fourth-order valence-electron chi connectivity index (χ4n) is 3.52. The number of aromatic nitrogens is 2. The molecule has 2 aromatic rings. The summed E-state index contributed by atoms with van der Waals surface area (Å²) in [5.74, 6) is -0.360. The van der Waals surface area contributed by atoms with E-state index in [2.05, 4.69) is 60.8 Å². The minimum Gasteiger partial charge on any atom is -0.493 e. The number of nitrogens with one attached hydrogen (secondary N) is 2. The summed E-state index contributed by atoms with van der Waals surface area (Å²) in [6, 6.07) is 6.56. The molecule has 1 aromatic heterocycles. The van der Waals surface area contributed by atoms with Gasteiger partial charge in [0.15, 0.2) is 0 Å². The zero-order valence-electron chi connectivity index (χ0n) is 16.4. The topological polar surface area (TPSA) is 92.4 Å². The summed E-state index contributed by atoms with van der Waals surface area (Å²) >= 11 is 0. The molecule has 1 aromatic carbocycles. The number of H-pyrrole nitrogens is 2. The van der Waals surface area contributed by atoms with Crippen molar-refractivity contribution in [1.29, 1.82) is 0 Å². The molecule has 1 fully saturated rings. The summed E-state index contributed by atoms with van der Waals surface area (Å²) in [6.45, 7) is 11.5. The average Bonchev–Trinajstić information content (AvgIpc) is 2.91. The number of amides is 1. The molecule has 146 valence electrons. The van der Waals surface area contributed by atoms with E-state index in [0.29, 0.717) is 13.1 Å². The maximum atomic E-state index is 12.5. The largest absolute Gasteiger partial charge is 0.493 e. The van der Waals surface area contributed by atoms with E-state index in [1.54, 1.807) is 4.90 Å². The van der Waals surface area contributed by atoms with E-state index in [9.17, 15) is 14.7 Å². The van der Waals surface area contributed by atoms with Crippen LogP contribution in [-0.4, -0.2) is 52.1 Å². The third kappa shape index (κ3) is 4.18. The Bertz CT molecular complexity index is 883.